The molecule has 2 fully saturated rings. The Bertz CT molecular complexity index is 809. The van der Waals surface area contributed by atoms with Gasteiger partial charge in [-0.15, -0.1) is 0 Å². The molecule has 1 atom stereocenters. The number of piperidine rings is 1. The molecule has 2 aliphatic rings. The lowest BCUT2D eigenvalue weighted by Gasteiger charge is -2.29. The average Bonchev–Trinajstić information content (AvgIpc) is 3.29. The van der Waals surface area contributed by atoms with Crippen LogP contribution in [0.15, 0.2) is 48.5 Å². The van der Waals surface area contributed by atoms with Crippen LogP contribution >= 0.6 is 12.2 Å². The molecule has 1 unspecified atom stereocenters. The molecule has 4 nitrogen and oxygen atoms in total. The summed E-state index contributed by atoms with van der Waals surface area (Å²) in [7, 11) is 0. The highest BCUT2D eigenvalue weighted by molar-refractivity contribution is 7.80. The summed E-state index contributed by atoms with van der Waals surface area (Å²) >= 11 is 5.53. The van der Waals surface area contributed by atoms with Crippen molar-refractivity contribution in [3.8, 4) is 5.75 Å². The fraction of sp³-hybridized carbons (Fsp3) is 0.480. The Morgan fingerprint density at radius 3 is 2.27 bits per heavy atom. The molecule has 2 aromatic rings. The highest BCUT2D eigenvalue weighted by Gasteiger charge is 2.16. The standard InChI is InChI=1S/C25H33N3OS/c1-19(20-9-13-22(14-10-20)28-17-5-2-6-18-28)26-25(30)27-21-11-15-24(16-12-21)29-23-7-3-4-8-23/h9-16,19,23H,2-8,17-18H2,1H3,(H2,26,27,30). The zero-order valence-corrected chi connectivity index (χ0v) is 18.7. The van der Waals surface area contributed by atoms with Crippen molar-refractivity contribution in [1.82, 2.24) is 5.32 Å². The van der Waals surface area contributed by atoms with E-state index in [1.807, 2.05) is 24.3 Å². The van der Waals surface area contributed by atoms with E-state index in [1.54, 1.807) is 0 Å². The van der Waals surface area contributed by atoms with E-state index in [2.05, 4.69) is 46.7 Å². The molecule has 0 amide bonds. The second kappa shape index (κ2) is 10.2. The van der Waals surface area contributed by atoms with Crippen LogP contribution in [0.5, 0.6) is 5.75 Å². The number of hydrogen-bond donors (Lipinski definition) is 2. The van der Waals surface area contributed by atoms with E-state index in [9.17, 15) is 0 Å². The normalized spacial score (nSPS) is 18.1. The number of nitrogens with zero attached hydrogens (tertiary/aromatic N) is 1. The van der Waals surface area contributed by atoms with Crippen molar-refractivity contribution < 1.29 is 4.74 Å². The fourth-order valence-corrected chi connectivity index (χ4v) is 4.68. The van der Waals surface area contributed by atoms with Crippen LogP contribution in [0.2, 0.25) is 0 Å². The molecule has 0 radical (unpaired) electrons. The third kappa shape index (κ3) is 5.66. The molecule has 1 saturated heterocycles. The van der Waals surface area contributed by atoms with Gasteiger partial charge in [-0.1, -0.05) is 12.1 Å². The number of hydrogen-bond acceptors (Lipinski definition) is 3. The van der Waals surface area contributed by atoms with Crippen LogP contribution in [-0.4, -0.2) is 24.3 Å². The van der Waals surface area contributed by atoms with E-state index in [-0.39, 0.29) is 6.04 Å². The first-order chi connectivity index (χ1) is 14.7. The van der Waals surface area contributed by atoms with Gasteiger partial charge in [-0.25, -0.2) is 0 Å². The number of ether oxygens (including phenoxy) is 1. The third-order valence-corrected chi connectivity index (χ3v) is 6.40. The monoisotopic (exact) mass is 423 g/mol. The van der Waals surface area contributed by atoms with Gasteiger partial charge in [-0.3, -0.25) is 0 Å². The number of nitrogens with one attached hydrogen (secondary N) is 2. The number of rotatable bonds is 6. The maximum absolute atomic E-state index is 6.03. The summed E-state index contributed by atoms with van der Waals surface area (Å²) in [5, 5.41) is 7.31. The molecule has 1 aliphatic heterocycles. The molecule has 30 heavy (non-hydrogen) atoms. The molecule has 5 heteroatoms. The van der Waals surface area contributed by atoms with Crippen molar-refractivity contribution in [2.24, 2.45) is 0 Å². The molecule has 0 bridgehead atoms. The molecule has 2 aromatic carbocycles. The van der Waals surface area contributed by atoms with Gasteiger partial charge in [0.1, 0.15) is 5.75 Å². The van der Waals surface area contributed by atoms with Gasteiger partial charge in [0.25, 0.3) is 0 Å². The van der Waals surface area contributed by atoms with Crippen molar-refractivity contribution in [3.05, 3.63) is 54.1 Å². The van der Waals surface area contributed by atoms with E-state index in [4.69, 9.17) is 17.0 Å². The Morgan fingerprint density at radius 2 is 1.60 bits per heavy atom. The Kier molecular flexibility index (Phi) is 7.11. The van der Waals surface area contributed by atoms with Crippen LogP contribution in [0.25, 0.3) is 0 Å². The predicted octanol–water partition coefficient (Wildman–Crippen LogP) is 6.05. The van der Waals surface area contributed by atoms with Crippen molar-refractivity contribution in [3.63, 3.8) is 0 Å². The molecular weight excluding hydrogens is 390 g/mol. The highest BCUT2D eigenvalue weighted by atomic mass is 32.1. The minimum Gasteiger partial charge on any atom is -0.490 e. The minimum atomic E-state index is 0.144. The smallest absolute Gasteiger partial charge is 0.171 e. The number of benzene rings is 2. The van der Waals surface area contributed by atoms with Crippen LogP contribution in [-0.2, 0) is 0 Å². The quantitative estimate of drug-likeness (QED) is 0.554. The number of anilines is 2. The topological polar surface area (TPSA) is 36.5 Å². The molecule has 0 spiro atoms. The Morgan fingerprint density at radius 1 is 0.933 bits per heavy atom. The van der Waals surface area contributed by atoms with Gasteiger partial charge in [0.15, 0.2) is 5.11 Å². The van der Waals surface area contributed by atoms with Gasteiger partial charge in [0.2, 0.25) is 0 Å². The predicted molar refractivity (Wildman–Crippen MR) is 130 cm³/mol. The first-order valence-electron chi connectivity index (χ1n) is 11.4. The molecule has 4 rings (SSSR count). The summed E-state index contributed by atoms with van der Waals surface area (Å²) in [4.78, 5) is 2.48. The second-order valence-electron chi connectivity index (χ2n) is 8.51. The zero-order chi connectivity index (χ0) is 20.8. The van der Waals surface area contributed by atoms with Crippen LogP contribution in [0.4, 0.5) is 11.4 Å². The van der Waals surface area contributed by atoms with E-state index < -0.39 is 0 Å². The molecule has 1 heterocycles. The first-order valence-corrected chi connectivity index (χ1v) is 11.8. The zero-order valence-electron chi connectivity index (χ0n) is 17.9. The number of thiocarbonyl (C=S) groups is 1. The maximum atomic E-state index is 6.03. The maximum Gasteiger partial charge on any atom is 0.171 e. The summed E-state index contributed by atoms with van der Waals surface area (Å²) in [5.41, 5.74) is 3.53. The average molecular weight is 424 g/mol. The molecule has 0 aromatic heterocycles. The van der Waals surface area contributed by atoms with Gasteiger partial charge in [0, 0.05) is 24.5 Å². The third-order valence-electron chi connectivity index (χ3n) is 6.18. The Balaban J connectivity index is 1.26. The van der Waals surface area contributed by atoms with Crippen LogP contribution in [0, 0.1) is 0 Å². The summed E-state index contributed by atoms with van der Waals surface area (Å²) < 4.78 is 6.03. The largest absolute Gasteiger partial charge is 0.490 e. The Hall–Kier alpha value is -2.27. The summed E-state index contributed by atoms with van der Waals surface area (Å²) in [5.74, 6) is 0.938. The van der Waals surface area contributed by atoms with Crippen molar-refractivity contribution in [1.29, 1.82) is 0 Å². The highest BCUT2D eigenvalue weighted by Crippen LogP contribution is 2.25. The SMILES string of the molecule is CC(NC(=S)Nc1ccc(OC2CCCC2)cc1)c1ccc(N2CCCCC2)cc1. The lowest BCUT2D eigenvalue weighted by atomic mass is 10.1. The molecule has 1 saturated carbocycles. The fourth-order valence-electron chi connectivity index (χ4n) is 4.39. The van der Waals surface area contributed by atoms with Crippen molar-refractivity contribution in [2.45, 2.75) is 64.0 Å². The first kappa shape index (κ1) is 21.0. The van der Waals surface area contributed by atoms with Crippen LogP contribution in [0.3, 0.4) is 0 Å². The van der Waals surface area contributed by atoms with E-state index in [1.165, 1.54) is 69.3 Å². The lowest BCUT2D eigenvalue weighted by Crippen LogP contribution is -2.31. The van der Waals surface area contributed by atoms with E-state index in [0.717, 1.165) is 11.4 Å². The molecule has 160 valence electrons. The lowest BCUT2D eigenvalue weighted by molar-refractivity contribution is 0.210. The van der Waals surface area contributed by atoms with Gasteiger partial charge in [-0.2, -0.15) is 0 Å². The van der Waals surface area contributed by atoms with Gasteiger partial charge in [0.05, 0.1) is 12.1 Å². The van der Waals surface area contributed by atoms with Crippen molar-refractivity contribution in [2.75, 3.05) is 23.3 Å². The van der Waals surface area contributed by atoms with Crippen LogP contribution < -0.4 is 20.3 Å². The van der Waals surface area contributed by atoms with Gasteiger partial charge >= 0.3 is 0 Å². The molecule has 1 aliphatic carbocycles. The van der Waals surface area contributed by atoms with Gasteiger partial charge in [-0.05, 0) is 106 Å². The van der Waals surface area contributed by atoms with E-state index >= 15 is 0 Å². The molecular formula is C25H33N3OS. The summed E-state index contributed by atoms with van der Waals surface area (Å²) in [6.45, 7) is 4.49. The summed E-state index contributed by atoms with van der Waals surface area (Å²) in [6, 6.07) is 17.1. The molecule has 2 N–H and O–H groups in total. The van der Waals surface area contributed by atoms with Gasteiger partial charge < -0.3 is 20.3 Å². The van der Waals surface area contributed by atoms with Crippen molar-refractivity contribution >= 4 is 28.7 Å². The minimum absolute atomic E-state index is 0.144. The summed E-state index contributed by atoms with van der Waals surface area (Å²) in [6.07, 6.45) is 9.24. The second-order valence-corrected chi connectivity index (χ2v) is 8.92. The van der Waals surface area contributed by atoms with Crippen LogP contribution in [0.1, 0.15) is 63.5 Å². The van der Waals surface area contributed by atoms with E-state index in [0.29, 0.717) is 11.2 Å². The Labute approximate surface area is 186 Å².